The van der Waals surface area contributed by atoms with E-state index in [1.165, 1.54) is 18.2 Å². The molecule has 1 heterocycles. The van der Waals surface area contributed by atoms with Crippen LogP contribution in [0.25, 0.3) is 0 Å². The van der Waals surface area contributed by atoms with Crippen LogP contribution in [0.15, 0.2) is 30.3 Å². The number of benzene rings is 1. The topological polar surface area (TPSA) is 76.1 Å². The van der Waals surface area contributed by atoms with Crippen LogP contribution in [0.1, 0.15) is 22.5 Å². The molecule has 10 heteroatoms. The minimum Gasteiger partial charge on any atom is -0.385 e. The highest BCUT2D eigenvalue weighted by Gasteiger charge is 2.34. The number of alkyl halides is 3. The number of methoxy groups -OCH3 is 1. The Kier molecular flexibility index (Phi) is 6.76. The minimum absolute atomic E-state index is 0.0842. The number of halogens is 4. The van der Waals surface area contributed by atoms with E-state index < -0.39 is 23.3 Å². The van der Waals surface area contributed by atoms with E-state index in [1.54, 1.807) is 7.11 Å². The zero-order chi connectivity index (χ0) is 19.2. The molecular weight excluding hydrogens is 373 g/mol. The highest BCUT2D eigenvalue weighted by atomic mass is 35.5. The first-order valence-electron chi connectivity index (χ1n) is 7.56. The highest BCUT2D eigenvalue weighted by molar-refractivity contribution is 6.30. The lowest BCUT2D eigenvalue weighted by Crippen LogP contribution is -2.18. The Morgan fingerprint density at radius 1 is 1.23 bits per heavy atom. The van der Waals surface area contributed by atoms with Gasteiger partial charge in [-0.3, -0.25) is 4.79 Å². The highest BCUT2D eigenvalue weighted by Crippen LogP contribution is 2.36. The first-order valence-corrected chi connectivity index (χ1v) is 7.93. The molecule has 1 aromatic heterocycles. The minimum atomic E-state index is -4.66. The Morgan fingerprint density at radius 3 is 2.62 bits per heavy atom. The summed E-state index contributed by atoms with van der Waals surface area (Å²) in [6, 6.07) is 5.97. The molecule has 0 bridgehead atoms. The molecule has 0 atom stereocenters. The standard InChI is InChI=1S/C16H16ClF3N4O2/c1-26-8-2-7-21-14-6-5-13(23-24-14)15(25)22-12-4-3-10(17)9-11(12)16(18,19)20/h3-6,9H,2,7-8H2,1H3,(H,21,24)(H,22,25). The zero-order valence-corrected chi connectivity index (χ0v) is 14.5. The number of hydrogen-bond acceptors (Lipinski definition) is 5. The monoisotopic (exact) mass is 388 g/mol. The lowest BCUT2D eigenvalue weighted by molar-refractivity contribution is -0.136. The summed E-state index contributed by atoms with van der Waals surface area (Å²) >= 11 is 5.61. The van der Waals surface area contributed by atoms with E-state index in [1.807, 2.05) is 0 Å². The van der Waals surface area contributed by atoms with Crippen molar-refractivity contribution < 1.29 is 22.7 Å². The molecule has 6 nitrogen and oxygen atoms in total. The summed E-state index contributed by atoms with van der Waals surface area (Å²) in [6.45, 7) is 1.19. The van der Waals surface area contributed by atoms with Gasteiger partial charge >= 0.3 is 6.18 Å². The normalized spacial score (nSPS) is 11.3. The second kappa shape index (κ2) is 8.81. The molecule has 0 saturated heterocycles. The van der Waals surface area contributed by atoms with Gasteiger partial charge in [0.25, 0.3) is 5.91 Å². The molecule has 2 N–H and O–H groups in total. The summed E-state index contributed by atoms with van der Waals surface area (Å²) in [6.07, 6.45) is -3.90. The third-order valence-corrected chi connectivity index (χ3v) is 3.50. The number of carbonyl (C=O) groups excluding carboxylic acids is 1. The van der Waals surface area contributed by atoms with E-state index in [0.717, 1.165) is 18.6 Å². The van der Waals surface area contributed by atoms with Crippen molar-refractivity contribution in [2.45, 2.75) is 12.6 Å². The van der Waals surface area contributed by atoms with Crippen LogP contribution >= 0.6 is 11.6 Å². The van der Waals surface area contributed by atoms with Gasteiger partial charge < -0.3 is 15.4 Å². The van der Waals surface area contributed by atoms with Crippen molar-refractivity contribution >= 4 is 29.0 Å². The average Bonchev–Trinajstić information content (AvgIpc) is 2.60. The van der Waals surface area contributed by atoms with E-state index in [4.69, 9.17) is 16.3 Å². The number of carbonyl (C=O) groups is 1. The van der Waals surface area contributed by atoms with Crippen molar-refractivity contribution in [3.63, 3.8) is 0 Å². The first-order chi connectivity index (χ1) is 12.3. The lowest BCUT2D eigenvalue weighted by atomic mass is 10.1. The molecule has 0 spiro atoms. The fourth-order valence-electron chi connectivity index (χ4n) is 2.03. The Morgan fingerprint density at radius 2 is 2.00 bits per heavy atom. The van der Waals surface area contributed by atoms with Crippen molar-refractivity contribution in [3.05, 3.63) is 46.6 Å². The quantitative estimate of drug-likeness (QED) is 0.704. The van der Waals surface area contributed by atoms with Crippen molar-refractivity contribution in [1.29, 1.82) is 0 Å². The molecule has 0 aliphatic rings. The molecule has 0 fully saturated rings. The van der Waals surface area contributed by atoms with Gasteiger partial charge in [-0.05, 0) is 36.8 Å². The van der Waals surface area contributed by atoms with Crippen LogP contribution < -0.4 is 10.6 Å². The van der Waals surface area contributed by atoms with Gasteiger partial charge in [-0.2, -0.15) is 13.2 Å². The Hall–Kier alpha value is -2.39. The summed E-state index contributed by atoms with van der Waals surface area (Å²) < 4.78 is 44.1. The third kappa shape index (κ3) is 5.57. The maximum absolute atomic E-state index is 13.1. The van der Waals surface area contributed by atoms with Gasteiger partial charge in [-0.1, -0.05) is 11.6 Å². The molecule has 1 aromatic carbocycles. The third-order valence-electron chi connectivity index (χ3n) is 3.26. The summed E-state index contributed by atoms with van der Waals surface area (Å²) in [4.78, 5) is 12.1. The lowest BCUT2D eigenvalue weighted by Gasteiger charge is -2.14. The number of rotatable bonds is 7. The second-order valence-corrected chi connectivity index (χ2v) is 5.66. The number of nitrogens with one attached hydrogen (secondary N) is 2. The van der Waals surface area contributed by atoms with E-state index >= 15 is 0 Å². The van der Waals surface area contributed by atoms with Gasteiger partial charge in [0.05, 0.1) is 11.3 Å². The molecule has 1 amide bonds. The Balaban J connectivity index is 2.06. The van der Waals surface area contributed by atoms with Crippen molar-refractivity contribution in [3.8, 4) is 0 Å². The molecule has 26 heavy (non-hydrogen) atoms. The van der Waals surface area contributed by atoms with Crippen LogP contribution in [-0.2, 0) is 10.9 Å². The van der Waals surface area contributed by atoms with E-state index in [-0.39, 0.29) is 10.7 Å². The van der Waals surface area contributed by atoms with Gasteiger partial charge in [0.1, 0.15) is 5.82 Å². The molecule has 0 unspecified atom stereocenters. The number of amides is 1. The number of hydrogen-bond donors (Lipinski definition) is 2. The molecular formula is C16H16ClF3N4O2. The van der Waals surface area contributed by atoms with Crippen LogP contribution in [0, 0.1) is 0 Å². The smallest absolute Gasteiger partial charge is 0.385 e. The SMILES string of the molecule is COCCCNc1ccc(C(=O)Nc2ccc(Cl)cc2C(F)(F)F)nn1. The summed E-state index contributed by atoms with van der Waals surface area (Å²) in [5.41, 5.74) is -1.56. The fourth-order valence-corrected chi connectivity index (χ4v) is 2.20. The van der Waals surface area contributed by atoms with Crippen LogP contribution in [-0.4, -0.2) is 36.4 Å². The predicted octanol–water partition coefficient (Wildman–Crippen LogP) is 3.85. The van der Waals surface area contributed by atoms with Crippen molar-refractivity contribution in [1.82, 2.24) is 10.2 Å². The van der Waals surface area contributed by atoms with Gasteiger partial charge in [0, 0.05) is 25.3 Å². The van der Waals surface area contributed by atoms with E-state index in [2.05, 4.69) is 20.8 Å². The van der Waals surface area contributed by atoms with Gasteiger partial charge in [0.2, 0.25) is 0 Å². The maximum atomic E-state index is 13.1. The average molecular weight is 389 g/mol. The van der Waals surface area contributed by atoms with Crippen molar-refractivity contribution in [2.75, 3.05) is 30.9 Å². The zero-order valence-electron chi connectivity index (χ0n) is 13.7. The number of anilines is 2. The van der Waals surface area contributed by atoms with Gasteiger partial charge in [-0.15, -0.1) is 10.2 Å². The van der Waals surface area contributed by atoms with Gasteiger partial charge in [0.15, 0.2) is 5.69 Å². The molecule has 2 aromatic rings. The summed E-state index contributed by atoms with van der Waals surface area (Å²) in [7, 11) is 1.60. The van der Waals surface area contributed by atoms with E-state index in [9.17, 15) is 18.0 Å². The molecule has 2 rings (SSSR count). The largest absolute Gasteiger partial charge is 0.418 e. The number of aromatic nitrogens is 2. The predicted molar refractivity (Wildman–Crippen MR) is 91.4 cm³/mol. The van der Waals surface area contributed by atoms with Gasteiger partial charge in [-0.25, -0.2) is 0 Å². The second-order valence-electron chi connectivity index (χ2n) is 5.22. The first kappa shape index (κ1) is 19.9. The molecule has 0 aliphatic carbocycles. The van der Waals surface area contributed by atoms with Crippen LogP contribution in [0.2, 0.25) is 5.02 Å². The molecule has 0 radical (unpaired) electrons. The Bertz CT molecular complexity index is 754. The number of ether oxygens (including phenoxy) is 1. The Labute approximate surface area is 152 Å². The van der Waals surface area contributed by atoms with Crippen LogP contribution in [0.3, 0.4) is 0 Å². The molecule has 0 aliphatic heterocycles. The van der Waals surface area contributed by atoms with Crippen LogP contribution in [0.4, 0.5) is 24.7 Å². The molecule has 140 valence electrons. The summed E-state index contributed by atoms with van der Waals surface area (Å²) in [5.74, 6) is -0.364. The fraction of sp³-hybridized carbons (Fsp3) is 0.312. The summed E-state index contributed by atoms with van der Waals surface area (Å²) in [5, 5.41) is 12.6. The molecule has 0 saturated carbocycles. The van der Waals surface area contributed by atoms with Crippen molar-refractivity contribution in [2.24, 2.45) is 0 Å². The maximum Gasteiger partial charge on any atom is 0.418 e. The van der Waals surface area contributed by atoms with E-state index in [0.29, 0.717) is 19.0 Å². The van der Waals surface area contributed by atoms with Crippen LogP contribution in [0.5, 0.6) is 0 Å². The number of nitrogens with zero attached hydrogens (tertiary/aromatic N) is 2.